The van der Waals surface area contributed by atoms with Crippen LogP contribution in [0.3, 0.4) is 0 Å². The van der Waals surface area contributed by atoms with Crippen molar-refractivity contribution >= 4 is 22.0 Å². The van der Waals surface area contributed by atoms with E-state index >= 15 is 0 Å². The van der Waals surface area contributed by atoms with Gasteiger partial charge in [-0.15, -0.1) is 0 Å². The van der Waals surface area contributed by atoms with Crippen molar-refractivity contribution < 1.29 is 14.3 Å². The maximum Gasteiger partial charge on any atom is 0.235 e. The number of isocyanates is 1. The molecular weight excluding hydrogens is 334 g/mol. The molecule has 0 spiro atoms. The van der Waals surface area contributed by atoms with E-state index in [1.807, 2.05) is 26.0 Å². The zero-order chi connectivity index (χ0) is 15.5. The number of hydrogen-bond donors (Lipinski definition) is 0. The van der Waals surface area contributed by atoms with Crippen LogP contribution in [0.4, 0.5) is 0 Å². The summed E-state index contributed by atoms with van der Waals surface area (Å²) in [5.41, 5.74) is 0.343. The number of hydrogen-bond acceptors (Lipinski definition) is 4. The largest absolute Gasteiger partial charge is 0.493 e. The summed E-state index contributed by atoms with van der Waals surface area (Å²) < 4.78 is 12.3. The standard InChI is InChI=1S/C16H20BrNO3/c1-11(2)21-15-13(20-3)7-6-12(17)14(15)16(18-10-19)8-4-5-9-16/h6-7,11H,4-5,8-9H2,1-3H3. The zero-order valence-corrected chi connectivity index (χ0v) is 14.2. The molecule has 0 amide bonds. The summed E-state index contributed by atoms with van der Waals surface area (Å²) >= 11 is 3.59. The fourth-order valence-electron chi connectivity index (χ4n) is 2.95. The lowest BCUT2D eigenvalue weighted by atomic mass is 9.88. The molecule has 0 radical (unpaired) electrons. The van der Waals surface area contributed by atoms with Gasteiger partial charge in [-0.2, -0.15) is 4.99 Å². The van der Waals surface area contributed by atoms with Crippen molar-refractivity contribution in [2.45, 2.75) is 51.2 Å². The molecule has 1 aromatic carbocycles. The fraction of sp³-hybridized carbons (Fsp3) is 0.562. The number of rotatable bonds is 5. The molecule has 1 aliphatic rings. The highest BCUT2D eigenvalue weighted by atomic mass is 79.9. The fourth-order valence-corrected chi connectivity index (χ4v) is 3.63. The minimum Gasteiger partial charge on any atom is -0.493 e. The van der Waals surface area contributed by atoms with Gasteiger partial charge in [0.15, 0.2) is 11.5 Å². The molecule has 1 aromatic rings. The molecule has 114 valence electrons. The maximum atomic E-state index is 11.0. The third-order valence-electron chi connectivity index (χ3n) is 3.80. The van der Waals surface area contributed by atoms with Crippen molar-refractivity contribution in [2.24, 2.45) is 4.99 Å². The molecule has 1 saturated carbocycles. The molecule has 0 N–H and O–H groups in total. The molecule has 5 heteroatoms. The van der Waals surface area contributed by atoms with Gasteiger partial charge >= 0.3 is 0 Å². The molecule has 0 atom stereocenters. The second-order valence-electron chi connectivity index (χ2n) is 5.56. The van der Waals surface area contributed by atoms with Gasteiger partial charge in [-0.25, -0.2) is 4.79 Å². The van der Waals surface area contributed by atoms with Crippen LogP contribution in [-0.2, 0) is 10.3 Å². The molecule has 21 heavy (non-hydrogen) atoms. The maximum absolute atomic E-state index is 11.0. The summed E-state index contributed by atoms with van der Waals surface area (Å²) in [6.45, 7) is 3.93. The van der Waals surface area contributed by atoms with Gasteiger partial charge in [-0.05, 0) is 38.8 Å². The molecule has 0 bridgehead atoms. The van der Waals surface area contributed by atoms with Crippen LogP contribution in [0.25, 0.3) is 0 Å². The van der Waals surface area contributed by atoms with Gasteiger partial charge in [0.1, 0.15) is 5.54 Å². The first-order valence-electron chi connectivity index (χ1n) is 7.17. The topological polar surface area (TPSA) is 47.9 Å². The Labute approximate surface area is 133 Å². The molecule has 4 nitrogen and oxygen atoms in total. The van der Waals surface area contributed by atoms with Gasteiger partial charge in [0.05, 0.1) is 13.2 Å². The Kier molecular flexibility index (Phi) is 5.07. The lowest BCUT2D eigenvalue weighted by Gasteiger charge is -2.28. The van der Waals surface area contributed by atoms with Gasteiger partial charge < -0.3 is 9.47 Å². The van der Waals surface area contributed by atoms with E-state index in [0.29, 0.717) is 11.5 Å². The Bertz CT molecular complexity index is 559. The Balaban J connectivity index is 2.67. The number of halogens is 1. The Morgan fingerprint density at radius 1 is 1.33 bits per heavy atom. The Morgan fingerprint density at radius 2 is 2.00 bits per heavy atom. The number of carbonyl (C=O) groups excluding carboxylic acids is 1. The molecule has 0 saturated heterocycles. The first kappa shape index (κ1) is 16.1. The van der Waals surface area contributed by atoms with E-state index in [0.717, 1.165) is 35.7 Å². The summed E-state index contributed by atoms with van der Waals surface area (Å²) in [5, 5.41) is 0. The molecule has 0 unspecified atom stereocenters. The third kappa shape index (κ3) is 3.14. The van der Waals surface area contributed by atoms with Crippen molar-refractivity contribution in [3.05, 3.63) is 22.2 Å². The lowest BCUT2D eigenvalue weighted by Crippen LogP contribution is -2.22. The summed E-state index contributed by atoms with van der Waals surface area (Å²) in [7, 11) is 1.62. The zero-order valence-electron chi connectivity index (χ0n) is 12.6. The van der Waals surface area contributed by atoms with E-state index in [1.165, 1.54) is 0 Å². The number of methoxy groups -OCH3 is 1. The first-order chi connectivity index (χ1) is 10.0. The van der Waals surface area contributed by atoms with Crippen LogP contribution in [0, 0.1) is 0 Å². The molecule has 2 rings (SSSR count). The van der Waals surface area contributed by atoms with E-state index in [2.05, 4.69) is 20.9 Å². The van der Waals surface area contributed by atoms with Crippen LogP contribution in [0.5, 0.6) is 11.5 Å². The molecule has 0 aromatic heterocycles. The second kappa shape index (κ2) is 6.63. The Morgan fingerprint density at radius 3 is 2.52 bits per heavy atom. The molecule has 0 aliphatic heterocycles. The minimum atomic E-state index is -0.556. The molecule has 1 fully saturated rings. The summed E-state index contributed by atoms with van der Waals surface area (Å²) in [6.07, 6.45) is 5.48. The van der Waals surface area contributed by atoms with E-state index in [1.54, 1.807) is 13.2 Å². The highest BCUT2D eigenvalue weighted by Crippen LogP contribution is 2.51. The highest BCUT2D eigenvalue weighted by molar-refractivity contribution is 9.10. The normalized spacial score (nSPS) is 16.6. The van der Waals surface area contributed by atoms with E-state index < -0.39 is 5.54 Å². The predicted molar refractivity (Wildman–Crippen MR) is 84.7 cm³/mol. The van der Waals surface area contributed by atoms with Crippen LogP contribution in [-0.4, -0.2) is 19.3 Å². The average Bonchev–Trinajstić information content (AvgIpc) is 2.88. The molecule has 0 heterocycles. The first-order valence-corrected chi connectivity index (χ1v) is 7.96. The monoisotopic (exact) mass is 353 g/mol. The van der Waals surface area contributed by atoms with Crippen LogP contribution in [0.2, 0.25) is 0 Å². The van der Waals surface area contributed by atoms with Crippen LogP contribution < -0.4 is 9.47 Å². The highest BCUT2D eigenvalue weighted by Gasteiger charge is 2.41. The second-order valence-corrected chi connectivity index (χ2v) is 6.42. The number of ether oxygens (including phenoxy) is 2. The third-order valence-corrected chi connectivity index (χ3v) is 4.46. The Hall–Kier alpha value is -1.32. The van der Waals surface area contributed by atoms with Crippen molar-refractivity contribution in [2.75, 3.05) is 7.11 Å². The summed E-state index contributed by atoms with van der Waals surface area (Å²) in [6, 6.07) is 3.78. The van der Waals surface area contributed by atoms with Gasteiger partial charge in [0, 0.05) is 10.0 Å². The van der Waals surface area contributed by atoms with Gasteiger partial charge in [0.2, 0.25) is 6.08 Å². The molecule has 1 aliphatic carbocycles. The van der Waals surface area contributed by atoms with E-state index in [-0.39, 0.29) is 6.10 Å². The van der Waals surface area contributed by atoms with Crippen LogP contribution in [0.1, 0.15) is 45.1 Å². The smallest absolute Gasteiger partial charge is 0.235 e. The number of aliphatic imine (C=N–C) groups is 1. The van der Waals surface area contributed by atoms with Crippen LogP contribution in [0.15, 0.2) is 21.6 Å². The van der Waals surface area contributed by atoms with E-state index in [4.69, 9.17) is 9.47 Å². The number of benzene rings is 1. The quantitative estimate of drug-likeness (QED) is 0.583. The molecular formula is C16H20BrNO3. The van der Waals surface area contributed by atoms with Crippen molar-refractivity contribution in [1.29, 1.82) is 0 Å². The minimum absolute atomic E-state index is 0.00520. The summed E-state index contributed by atoms with van der Waals surface area (Å²) in [4.78, 5) is 15.1. The SMILES string of the molecule is COc1ccc(Br)c(C2(N=C=O)CCCC2)c1OC(C)C. The van der Waals surface area contributed by atoms with Crippen LogP contribution >= 0.6 is 15.9 Å². The van der Waals surface area contributed by atoms with Gasteiger partial charge in [-0.3, -0.25) is 0 Å². The van der Waals surface area contributed by atoms with Gasteiger partial charge in [-0.1, -0.05) is 28.8 Å². The van der Waals surface area contributed by atoms with E-state index in [9.17, 15) is 4.79 Å². The van der Waals surface area contributed by atoms with Crippen molar-refractivity contribution in [1.82, 2.24) is 0 Å². The van der Waals surface area contributed by atoms with Gasteiger partial charge in [0.25, 0.3) is 0 Å². The van der Waals surface area contributed by atoms with Crippen molar-refractivity contribution in [3.8, 4) is 11.5 Å². The van der Waals surface area contributed by atoms with Crippen molar-refractivity contribution in [3.63, 3.8) is 0 Å². The lowest BCUT2D eigenvalue weighted by molar-refractivity contribution is 0.222. The summed E-state index contributed by atoms with van der Waals surface area (Å²) in [5.74, 6) is 1.33. The predicted octanol–water partition coefficient (Wildman–Crippen LogP) is 4.35. The average molecular weight is 354 g/mol. The number of nitrogens with zero attached hydrogens (tertiary/aromatic N) is 1.